The van der Waals surface area contributed by atoms with Crippen LogP contribution in [0.3, 0.4) is 0 Å². The smallest absolute Gasteiger partial charge is 0.310 e. The van der Waals surface area contributed by atoms with Gasteiger partial charge in [-0.15, -0.1) is 6.42 Å². The number of terminal acetylenes is 1. The summed E-state index contributed by atoms with van der Waals surface area (Å²) in [7, 11) is 0. The summed E-state index contributed by atoms with van der Waals surface area (Å²) in [5.41, 5.74) is 2.20. The minimum atomic E-state index is -0.0294. The number of ether oxygens (including phenoxy) is 1. The van der Waals surface area contributed by atoms with Crippen LogP contribution in [0.25, 0.3) is 0 Å². The van der Waals surface area contributed by atoms with Crippen LogP contribution in [0.5, 0.6) is 0 Å². The maximum atomic E-state index is 12.0. The Labute approximate surface area is 114 Å². The zero-order valence-corrected chi connectivity index (χ0v) is 11.3. The van der Waals surface area contributed by atoms with E-state index in [0.717, 1.165) is 12.0 Å². The van der Waals surface area contributed by atoms with E-state index in [-0.39, 0.29) is 17.3 Å². The third-order valence-corrected chi connectivity index (χ3v) is 4.79. The van der Waals surface area contributed by atoms with Gasteiger partial charge in [0.25, 0.3) is 0 Å². The Morgan fingerprint density at radius 1 is 1.37 bits per heavy atom. The van der Waals surface area contributed by atoms with Crippen molar-refractivity contribution in [3.8, 4) is 12.3 Å². The molecule has 1 aromatic rings. The number of carbonyl (C=O) groups excluding carboxylic acids is 1. The molecule has 2 aliphatic rings. The highest BCUT2D eigenvalue weighted by molar-refractivity contribution is 5.84. The SMILES string of the molecule is C#Cc1ccc(C23C([C@H]2CC)[C@H]3C(=O)OCC)cc1. The van der Waals surface area contributed by atoms with Crippen molar-refractivity contribution in [3.05, 3.63) is 35.4 Å². The minimum Gasteiger partial charge on any atom is -0.466 e. The molecule has 2 heteroatoms. The summed E-state index contributed by atoms with van der Waals surface area (Å²) in [6.07, 6.45) is 6.50. The molecule has 0 amide bonds. The average molecular weight is 254 g/mol. The Kier molecular flexibility index (Phi) is 2.67. The molecule has 0 bridgehead atoms. The lowest BCUT2D eigenvalue weighted by atomic mass is 9.88. The Hall–Kier alpha value is -1.75. The molecule has 4 atom stereocenters. The summed E-state index contributed by atoms with van der Waals surface area (Å²) in [5.74, 6) is 3.81. The Morgan fingerprint density at radius 3 is 2.58 bits per heavy atom. The van der Waals surface area contributed by atoms with Crippen molar-refractivity contribution in [1.29, 1.82) is 0 Å². The molecule has 2 aliphatic carbocycles. The minimum absolute atomic E-state index is 0.0294. The highest BCUT2D eigenvalue weighted by atomic mass is 16.5. The lowest BCUT2D eigenvalue weighted by molar-refractivity contribution is -0.146. The third-order valence-electron chi connectivity index (χ3n) is 4.79. The van der Waals surface area contributed by atoms with Crippen molar-refractivity contribution < 1.29 is 9.53 Å². The Balaban J connectivity index is 1.85. The topological polar surface area (TPSA) is 26.3 Å². The first-order chi connectivity index (χ1) is 9.21. The summed E-state index contributed by atoms with van der Waals surface area (Å²) in [5, 5.41) is 0. The van der Waals surface area contributed by atoms with E-state index in [0.29, 0.717) is 18.4 Å². The summed E-state index contributed by atoms with van der Waals surface area (Å²) >= 11 is 0. The van der Waals surface area contributed by atoms with E-state index in [2.05, 4.69) is 25.0 Å². The molecule has 0 spiro atoms. The molecule has 0 aliphatic heterocycles. The van der Waals surface area contributed by atoms with Gasteiger partial charge < -0.3 is 4.74 Å². The Morgan fingerprint density at radius 2 is 2.05 bits per heavy atom. The summed E-state index contributed by atoms with van der Waals surface area (Å²) in [6, 6.07) is 8.09. The summed E-state index contributed by atoms with van der Waals surface area (Å²) < 4.78 is 5.18. The lowest BCUT2D eigenvalue weighted by Crippen LogP contribution is -2.22. The molecule has 0 N–H and O–H groups in total. The van der Waals surface area contributed by atoms with E-state index < -0.39 is 0 Å². The third kappa shape index (κ3) is 1.48. The number of benzene rings is 1. The van der Waals surface area contributed by atoms with Gasteiger partial charge in [-0.1, -0.05) is 31.4 Å². The molecule has 19 heavy (non-hydrogen) atoms. The van der Waals surface area contributed by atoms with Gasteiger partial charge in [0.1, 0.15) is 0 Å². The molecule has 1 aromatic carbocycles. The second kappa shape index (κ2) is 4.13. The van der Waals surface area contributed by atoms with Crippen LogP contribution in [0.4, 0.5) is 0 Å². The van der Waals surface area contributed by atoms with Crippen LogP contribution >= 0.6 is 0 Å². The van der Waals surface area contributed by atoms with Crippen molar-refractivity contribution in [1.82, 2.24) is 0 Å². The highest BCUT2D eigenvalue weighted by Gasteiger charge is 2.88. The van der Waals surface area contributed by atoms with E-state index >= 15 is 0 Å². The number of esters is 1. The van der Waals surface area contributed by atoms with Crippen molar-refractivity contribution in [2.24, 2.45) is 17.8 Å². The van der Waals surface area contributed by atoms with Crippen molar-refractivity contribution in [3.63, 3.8) is 0 Å². The molecule has 98 valence electrons. The maximum absolute atomic E-state index is 12.0. The van der Waals surface area contributed by atoms with Gasteiger partial charge in [-0.2, -0.15) is 0 Å². The van der Waals surface area contributed by atoms with Gasteiger partial charge in [0.15, 0.2) is 0 Å². The van der Waals surface area contributed by atoms with E-state index in [9.17, 15) is 4.79 Å². The van der Waals surface area contributed by atoms with Gasteiger partial charge in [-0.25, -0.2) is 0 Å². The van der Waals surface area contributed by atoms with E-state index in [1.807, 2.05) is 19.1 Å². The van der Waals surface area contributed by atoms with Gasteiger partial charge >= 0.3 is 5.97 Å². The molecule has 0 saturated heterocycles. The largest absolute Gasteiger partial charge is 0.466 e. The predicted octanol–water partition coefficient (Wildman–Crippen LogP) is 2.75. The lowest BCUT2D eigenvalue weighted by Gasteiger charge is -2.17. The molecule has 3 rings (SSSR count). The second-order valence-corrected chi connectivity index (χ2v) is 5.42. The predicted molar refractivity (Wildman–Crippen MR) is 73.4 cm³/mol. The molecular weight excluding hydrogens is 236 g/mol. The Bertz CT molecular complexity index is 552. The van der Waals surface area contributed by atoms with Crippen LogP contribution in [0.2, 0.25) is 0 Å². The first-order valence-corrected chi connectivity index (χ1v) is 6.95. The van der Waals surface area contributed by atoms with Crippen LogP contribution < -0.4 is 0 Å². The van der Waals surface area contributed by atoms with Crippen LogP contribution in [0.15, 0.2) is 24.3 Å². The number of fused-ring (bicyclic) bond motifs is 1. The van der Waals surface area contributed by atoms with E-state index in [4.69, 9.17) is 11.2 Å². The molecule has 2 fully saturated rings. The fourth-order valence-corrected chi connectivity index (χ4v) is 3.90. The fraction of sp³-hybridized carbons (Fsp3) is 0.471. The standard InChI is InChI=1S/C17H18O2/c1-4-11-7-9-12(10-8-11)17-13(5-2)14(17)15(17)16(18)19-6-3/h1,7-10,13-15H,5-6H2,2-3H3/t13-,14?,15+,17?/m1/s1. The van der Waals surface area contributed by atoms with Gasteiger partial charge in [-0.3, -0.25) is 4.79 Å². The first-order valence-electron chi connectivity index (χ1n) is 6.95. The maximum Gasteiger partial charge on any atom is 0.310 e. The zero-order valence-electron chi connectivity index (χ0n) is 11.3. The molecule has 0 heterocycles. The molecule has 0 radical (unpaired) electrons. The van der Waals surface area contributed by atoms with Crippen LogP contribution in [0, 0.1) is 30.1 Å². The number of hydrogen-bond acceptors (Lipinski definition) is 2. The van der Waals surface area contributed by atoms with E-state index in [1.165, 1.54) is 5.56 Å². The van der Waals surface area contributed by atoms with Gasteiger partial charge in [0.05, 0.1) is 12.5 Å². The molecular formula is C17H18O2. The molecule has 2 saturated carbocycles. The van der Waals surface area contributed by atoms with Gasteiger partial charge in [0, 0.05) is 11.0 Å². The summed E-state index contributed by atoms with van der Waals surface area (Å²) in [6.45, 7) is 4.51. The van der Waals surface area contributed by atoms with Crippen LogP contribution in [0.1, 0.15) is 31.4 Å². The van der Waals surface area contributed by atoms with Gasteiger partial charge in [0.2, 0.25) is 0 Å². The number of carbonyl (C=O) groups is 1. The van der Waals surface area contributed by atoms with E-state index in [1.54, 1.807) is 0 Å². The van der Waals surface area contributed by atoms with Crippen molar-refractivity contribution in [2.45, 2.75) is 25.7 Å². The van der Waals surface area contributed by atoms with Crippen LogP contribution in [-0.2, 0) is 14.9 Å². The molecule has 2 nitrogen and oxygen atoms in total. The fourth-order valence-electron chi connectivity index (χ4n) is 3.90. The van der Waals surface area contributed by atoms with Crippen LogP contribution in [-0.4, -0.2) is 12.6 Å². The quantitative estimate of drug-likeness (QED) is 0.610. The number of rotatable bonds is 4. The molecule has 2 unspecified atom stereocenters. The second-order valence-electron chi connectivity index (χ2n) is 5.42. The normalized spacial score (nSPS) is 34.1. The van der Waals surface area contributed by atoms with Gasteiger partial charge in [-0.05, 0) is 36.5 Å². The van der Waals surface area contributed by atoms with Crippen molar-refractivity contribution in [2.75, 3.05) is 6.61 Å². The monoisotopic (exact) mass is 254 g/mol. The summed E-state index contributed by atoms with van der Waals surface area (Å²) in [4.78, 5) is 12.0. The zero-order chi connectivity index (χ0) is 13.6. The number of hydrogen-bond donors (Lipinski definition) is 0. The molecule has 0 aromatic heterocycles. The highest BCUT2D eigenvalue weighted by Crippen LogP contribution is 2.85. The average Bonchev–Trinajstić information content (AvgIpc) is 3.28. The van der Waals surface area contributed by atoms with Crippen molar-refractivity contribution >= 4 is 5.97 Å². The first kappa shape index (κ1) is 12.3.